The van der Waals surface area contributed by atoms with Gasteiger partial charge < -0.3 is 4.79 Å². The molecule has 70 valence electrons. The zero-order valence-electron chi connectivity index (χ0n) is 7.06. The van der Waals surface area contributed by atoms with E-state index in [4.69, 9.17) is 0 Å². The number of sulfonamides is 1. The maximum atomic E-state index is 11.1. The molecule has 0 aromatic heterocycles. The van der Waals surface area contributed by atoms with E-state index < -0.39 is 16.1 Å². The number of carbonyl (C=O) groups excluding carboxylic acids is 1. The van der Waals surface area contributed by atoms with E-state index in [0.29, 0.717) is 13.0 Å². The SMILES string of the molecule is CS(=O)(=O)N1CCCC[C@@H]1C=O. The Balaban J connectivity index is 2.79. The lowest BCUT2D eigenvalue weighted by molar-refractivity contribution is -0.111. The number of nitrogens with zero attached hydrogens (tertiary/aromatic N) is 1. The van der Waals surface area contributed by atoms with Crippen LogP contribution in [0.1, 0.15) is 19.3 Å². The lowest BCUT2D eigenvalue weighted by Gasteiger charge is -2.29. The lowest BCUT2D eigenvalue weighted by atomic mass is 10.1. The van der Waals surface area contributed by atoms with Gasteiger partial charge in [-0.1, -0.05) is 6.42 Å². The molecule has 4 nitrogen and oxygen atoms in total. The quantitative estimate of drug-likeness (QED) is 0.577. The molecule has 1 aliphatic heterocycles. The van der Waals surface area contributed by atoms with Crippen molar-refractivity contribution in [2.75, 3.05) is 12.8 Å². The lowest BCUT2D eigenvalue weighted by Crippen LogP contribution is -2.43. The monoisotopic (exact) mass is 191 g/mol. The minimum Gasteiger partial charge on any atom is -0.302 e. The summed E-state index contributed by atoms with van der Waals surface area (Å²) in [6.45, 7) is 0.488. The highest BCUT2D eigenvalue weighted by molar-refractivity contribution is 7.88. The fourth-order valence-corrected chi connectivity index (χ4v) is 2.59. The van der Waals surface area contributed by atoms with Crippen molar-refractivity contribution in [3.8, 4) is 0 Å². The zero-order valence-corrected chi connectivity index (χ0v) is 7.88. The average Bonchev–Trinajstić information content (AvgIpc) is 2.03. The largest absolute Gasteiger partial charge is 0.302 e. The number of hydrogen-bond acceptors (Lipinski definition) is 3. The zero-order chi connectivity index (χ0) is 9.19. The fourth-order valence-electron chi connectivity index (χ4n) is 1.48. The van der Waals surface area contributed by atoms with Crippen molar-refractivity contribution in [1.29, 1.82) is 0 Å². The van der Waals surface area contributed by atoms with Crippen molar-refractivity contribution in [2.45, 2.75) is 25.3 Å². The van der Waals surface area contributed by atoms with Crippen molar-refractivity contribution >= 4 is 16.3 Å². The highest BCUT2D eigenvalue weighted by Gasteiger charge is 2.28. The Morgan fingerprint density at radius 3 is 2.50 bits per heavy atom. The van der Waals surface area contributed by atoms with Gasteiger partial charge in [0.2, 0.25) is 10.0 Å². The summed E-state index contributed by atoms with van der Waals surface area (Å²) in [4.78, 5) is 10.5. The van der Waals surface area contributed by atoms with Crippen LogP contribution in [0.4, 0.5) is 0 Å². The summed E-state index contributed by atoms with van der Waals surface area (Å²) >= 11 is 0. The van der Waals surface area contributed by atoms with E-state index in [1.54, 1.807) is 0 Å². The van der Waals surface area contributed by atoms with E-state index in [0.717, 1.165) is 25.4 Å². The van der Waals surface area contributed by atoms with E-state index >= 15 is 0 Å². The van der Waals surface area contributed by atoms with E-state index in [2.05, 4.69) is 0 Å². The first-order valence-electron chi connectivity index (χ1n) is 3.98. The molecule has 12 heavy (non-hydrogen) atoms. The fraction of sp³-hybridized carbons (Fsp3) is 0.857. The van der Waals surface area contributed by atoms with Crippen molar-refractivity contribution in [1.82, 2.24) is 4.31 Å². The number of carbonyl (C=O) groups is 1. The van der Waals surface area contributed by atoms with Crippen LogP contribution < -0.4 is 0 Å². The molecule has 0 N–H and O–H groups in total. The molecule has 0 aromatic carbocycles. The molecule has 5 heteroatoms. The first-order valence-corrected chi connectivity index (χ1v) is 5.82. The molecule has 0 aliphatic carbocycles. The topological polar surface area (TPSA) is 54.5 Å². The van der Waals surface area contributed by atoms with Crippen LogP contribution in [0.25, 0.3) is 0 Å². The Labute approximate surface area is 72.6 Å². The first-order chi connectivity index (χ1) is 5.55. The standard InChI is InChI=1S/C7H13NO3S/c1-12(10,11)8-5-3-2-4-7(8)6-9/h6-7H,2-5H2,1H3/t7-/m1/s1. The summed E-state index contributed by atoms with van der Waals surface area (Å²) in [6.07, 6.45) is 4.33. The van der Waals surface area contributed by atoms with Gasteiger partial charge in [-0.25, -0.2) is 8.42 Å². The molecule has 1 saturated heterocycles. The van der Waals surface area contributed by atoms with Gasteiger partial charge in [0.05, 0.1) is 12.3 Å². The van der Waals surface area contributed by atoms with E-state index in [1.807, 2.05) is 0 Å². The van der Waals surface area contributed by atoms with Crippen LogP contribution in [-0.2, 0) is 14.8 Å². The summed E-state index contributed by atoms with van der Waals surface area (Å²) in [5.41, 5.74) is 0. The molecule has 0 amide bonds. The molecule has 1 fully saturated rings. The van der Waals surface area contributed by atoms with Gasteiger partial charge in [-0.2, -0.15) is 4.31 Å². The maximum Gasteiger partial charge on any atom is 0.211 e. The number of hydrogen-bond donors (Lipinski definition) is 0. The highest BCUT2D eigenvalue weighted by Crippen LogP contribution is 2.17. The number of rotatable bonds is 2. The van der Waals surface area contributed by atoms with Crippen molar-refractivity contribution < 1.29 is 13.2 Å². The molecule has 1 atom stereocenters. The van der Waals surface area contributed by atoms with Crippen LogP contribution in [-0.4, -0.2) is 37.9 Å². The normalized spacial score (nSPS) is 26.9. The van der Waals surface area contributed by atoms with E-state index in [9.17, 15) is 13.2 Å². The summed E-state index contributed by atoms with van der Waals surface area (Å²) in [7, 11) is -3.19. The third kappa shape index (κ3) is 2.04. The van der Waals surface area contributed by atoms with Crippen molar-refractivity contribution in [2.24, 2.45) is 0 Å². The third-order valence-electron chi connectivity index (χ3n) is 2.08. The van der Waals surface area contributed by atoms with Gasteiger partial charge in [0, 0.05) is 6.54 Å². The molecule has 1 heterocycles. The molecule has 0 spiro atoms. The Morgan fingerprint density at radius 2 is 2.08 bits per heavy atom. The second-order valence-corrected chi connectivity index (χ2v) is 5.01. The van der Waals surface area contributed by atoms with Gasteiger partial charge in [-0.15, -0.1) is 0 Å². The van der Waals surface area contributed by atoms with E-state index in [1.165, 1.54) is 4.31 Å². The van der Waals surface area contributed by atoms with Crippen LogP contribution >= 0.6 is 0 Å². The van der Waals surface area contributed by atoms with Gasteiger partial charge in [0.1, 0.15) is 6.29 Å². The highest BCUT2D eigenvalue weighted by atomic mass is 32.2. The summed E-state index contributed by atoms with van der Waals surface area (Å²) in [5.74, 6) is 0. The van der Waals surface area contributed by atoms with Crippen LogP contribution in [0.3, 0.4) is 0 Å². The molecular weight excluding hydrogens is 178 g/mol. The van der Waals surface area contributed by atoms with Gasteiger partial charge in [-0.3, -0.25) is 0 Å². The van der Waals surface area contributed by atoms with Crippen LogP contribution in [0.5, 0.6) is 0 Å². The predicted octanol–water partition coefficient (Wildman–Crippen LogP) is -0.000600. The molecule has 0 saturated carbocycles. The summed E-state index contributed by atoms with van der Waals surface area (Å²) in [5, 5.41) is 0. The Morgan fingerprint density at radius 1 is 1.42 bits per heavy atom. The molecule has 0 radical (unpaired) electrons. The Kier molecular flexibility index (Phi) is 2.85. The van der Waals surface area contributed by atoms with Crippen molar-refractivity contribution in [3.05, 3.63) is 0 Å². The molecule has 1 rings (SSSR count). The van der Waals surface area contributed by atoms with Gasteiger partial charge in [0.15, 0.2) is 0 Å². The molecular formula is C7H13NO3S. The van der Waals surface area contributed by atoms with Gasteiger partial charge in [-0.05, 0) is 12.8 Å². The smallest absolute Gasteiger partial charge is 0.211 e. The molecule has 0 unspecified atom stereocenters. The number of aldehydes is 1. The van der Waals surface area contributed by atoms with Gasteiger partial charge >= 0.3 is 0 Å². The van der Waals surface area contributed by atoms with Crippen LogP contribution in [0.15, 0.2) is 0 Å². The van der Waals surface area contributed by atoms with E-state index in [-0.39, 0.29) is 0 Å². The molecule has 0 aromatic rings. The maximum absolute atomic E-state index is 11.1. The number of piperidine rings is 1. The second-order valence-electron chi connectivity index (χ2n) is 3.07. The predicted molar refractivity (Wildman–Crippen MR) is 45.3 cm³/mol. The first kappa shape index (κ1) is 9.67. The Bertz CT molecular complexity index is 260. The minimum absolute atomic E-state index is 0.422. The van der Waals surface area contributed by atoms with Crippen LogP contribution in [0.2, 0.25) is 0 Å². The minimum atomic E-state index is -3.19. The molecule has 1 aliphatic rings. The Hall–Kier alpha value is -0.420. The summed E-state index contributed by atoms with van der Waals surface area (Å²) < 4.78 is 23.5. The van der Waals surface area contributed by atoms with Crippen molar-refractivity contribution in [3.63, 3.8) is 0 Å². The van der Waals surface area contributed by atoms with Gasteiger partial charge in [0.25, 0.3) is 0 Å². The molecule has 0 bridgehead atoms. The summed E-state index contributed by atoms with van der Waals surface area (Å²) in [6, 6.07) is -0.422. The third-order valence-corrected chi connectivity index (χ3v) is 3.39. The average molecular weight is 191 g/mol. The second kappa shape index (κ2) is 3.53. The van der Waals surface area contributed by atoms with Crippen LogP contribution in [0, 0.1) is 0 Å².